The number of carbonyl (C=O) groups excluding carboxylic acids is 1. The monoisotopic (exact) mass is 346 g/mol. The van der Waals surface area contributed by atoms with Gasteiger partial charge in [0.25, 0.3) is 5.91 Å². The van der Waals surface area contributed by atoms with Crippen LogP contribution in [-0.2, 0) is 0 Å². The summed E-state index contributed by atoms with van der Waals surface area (Å²) in [6, 6.07) is 17.5. The molecule has 4 rings (SSSR count). The second kappa shape index (κ2) is 6.89. The average molecular weight is 346 g/mol. The lowest BCUT2D eigenvalue weighted by atomic mass is 9.75. The molecular weight excluding hydrogens is 324 g/mol. The molecule has 0 aliphatic heterocycles. The minimum Gasteiger partial charge on any atom is -0.393 e. The number of carbonyl (C=O) groups is 1. The van der Waals surface area contributed by atoms with Crippen LogP contribution in [0.4, 0.5) is 0 Å². The van der Waals surface area contributed by atoms with Crippen LogP contribution in [0, 0.1) is 12.8 Å². The Hall–Kier alpha value is -2.72. The minimum absolute atomic E-state index is 0.0930. The van der Waals surface area contributed by atoms with Gasteiger partial charge in [-0.15, -0.1) is 0 Å². The number of hydrogen-bond donors (Lipinski definition) is 2. The van der Waals surface area contributed by atoms with Crippen LogP contribution in [0.5, 0.6) is 0 Å². The molecule has 0 saturated heterocycles. The van der Waals surface area contributed by atoms with E-state index in [9.17, 15) is 9.90 Å². The predicted octanol–water partition coefficient (Wildman–Crippen LogP) is 3.79. The maximum atomic E-state index is 12.7. The first-order valence-electron chi connectivity index (χ1n) is 9.00. The summed E-state index contributed by atoms with van der Waals surface area (Å²) in [5.74, 6) is 0.131. The number of para-hydroxylation sites is 1. The number of aliphatic hydroxyl groups excluding tert-OH is 1. The number of nitrogens with zero attached hydrogens (tertiary/aromatic N) is 1. The number of rotatable bonds is 4. The zero-order valence-corrected chi connectivity index (χ0v) is 14.7. The summed E-state index contributed by atoms with van der Waals surface area (Å²) in [6.07, 6.45) is 2.97. The first-order chi connectivity index (χ1) is 12.6. The maximum absolute atomic E-state index is 12.7. The molecule has 2 aromatic carbocycles. The zero-order chi connectivity index (χ0) is 18.1. The lowest BCUT2D eigenvalue weighted by Crippen LogP contribution is -2.41. The number of nitrogens with one attached hydrogen (secondary N) is 1. The van der Waals surface area contributed by atoms with Crippen LogP contribution < -0.4 is 5.32 Å². The van der Waals surface area contributed by atoms with Gasteiger partial charge < -0.3 is 10.4 Å². The van der Waals surface area contributed by atoms with E-state index in [2.05, 4.69) is 16.4 Å². The van der Waals surface area contributed by atoms with Gasteiger partial charge in [0.15, 0.2) is 0 Å². The summed E-state index contributed by atoms with van der Waals surface area (Å²) in [7, 11) is 0. The third-order valence-electron chi connectivity index (χ3n) is 5.19. The van der Waals surface area contributed by atoms with Gasteiger partial charge in [0.2, 0.25) is 0 Å². The summed E-state index contributed by atoms with van der Waals surface area (Å²) in [6.45, 7) is 2.00. The van der Waals surface area contributed by atoms with E-state index in [1.54, 1.807) is 0 Å². The van der Waals surface area contributed by atoms with Crippen LogP contribution in [0.15, 0.2) is 60.8 Å². The molecule has 1 atom stereocenters. The number of amides is 1. The number of benzene rings is 2. The van der Waals surface area contributed by atoms with Crippen molar-refractivity contribution in [2.75, 3.05) is 0 Å². The normalized spacial score (nSPS) is 20.4. The molecule has 3 aromatic rings. The highest BCUT2D eigenvalue weighted by Gasteiger charge is 2.36. The summed E-state index contributed by atoms with van der Waals surface area (Å²) in [5.41, 5.74) is 3.70. The number of pyridine rings is 1. The van der Waals surface area contributed by atoms with Gasteiger partial charge in [-0.05, 0) is 55.5 Å². The van der Waals surface area contributed by atoms with Crippen LogP contribution in [-0.4, -0.2) is 22.1 Å². The molecule has 4 heteroatoms. The molecule has 0 radical (unpaired) electrons. The van der Waals surface area contributed by atoms with Gasteiger partial charge in [-0.3, -0.25) is 9.78 Å². The Balaban J connectivity index is 1.63. The van der Waals surface area contributed by atoms with Crippen LogP contribution in [0.2, 0.25) is 0 Å². The predicted molar refractivity (Wildman–Crippen MR) is 102 cm³/mol. The Morgan fingerprint density at radius 2 is 1.88 bits per heavy atom. The molecule has 1 amide bonds. The molecule has 1 saturated carbocycles. The van der Waals surface area contributed by atoms with Gasteiger partial charge in [-0.2, -0.15) is 0 Å². The summed E-state index contributed by atoms with van der Waals surface area (Å²) < 4.78 is 0. The number of aliphatic hydroxyl groups is 1. The highest BCUT2D eigenvalue weighted by Crippen LogP contribution is 2.38. The van der Waals surface area contributed by atoms with Crippen molar-refractivity contribution < 1.29 is 9.90 Å². The highest BCUT2D eigenvalue weighted by molar-refractivity contribution is 5.94. The van der Waals surface area contributed by atoms with E-state index in [4.69, 9.17) is 0 Å². The zero-order valence-electron chi connectivity index (χ0n) is 14.7. The Morgan fingerprint density at radius 1 is 1.15 bits per heavy atom. The van der Waals surface area contributed by atoms with Crippen LogP contribution >= 0.6 is 0 Å². The molecule has 0 spiro atoms. The Labute approximate surface area is 152 Å². The third kappa shape index (κ3) is 3.33. The van der Waals surface area contributed by atoms with E-state index in [0.29, 0.717) is 18.4 Å². The fourth-order valence-electron chi connectivity index (χ4n) is 3.56. The smallest absolute Gasteiger partial charge is 0.251 e. The first kappa shape index (κ1) is 16.7. The minimum atomic E-state index is -0.271. The molecule has 1 heterocycles. The van der Waals surface area contributed by atoms with Crippen molar-refractivity contribution in [3.63, 3.8) is 0 Å². The Morgan fingerprint density at radius 3 is 2.62 bits per heavy atom. The maximum Gasteiger partial charge on any atom is 0.251 e. The van der Waals surface area contributed by atoms with Crippen molar-refractivity contribution >= 4 is 16.8 Å². The number of aryl methyl sites for hydroxylation is 1. The van der Waals surface area contributed by atoms with Gasteiger partial charge in [0, 0.05) is 17.1 Å². The molecule has 132 valence electrons. The summed E-state index contributed by atoms with van der Waals surface area (Å²) >= 11 is 0. The molecule has 1 aromatic heterocycles. The molecule has 2 N–H and O–H groups in total. The number of aromatic nitrogens is 1. The van der Waals surface area contributed by atoms with Crippen molar-refractivity contribution in [3.8, 4) is 0 Å². The van der Waals surface area contributed by atoms with E-state index in [1.165, 1.54) is 0 Å². The topological polar surface area (TPSA) is 62.2 Å². The molecule has 4 nitrogen and oxygen atoms in total. The second-order valence-electron chi connectivity index (χ2n) is 7.16. The highest BCUT2D eigenvalue weighted by atomic mass is 16.3. The Kier molecular flexibility index (Phi) is 4.43. The fraction of sp³-hybridized carbons (Fsp3) is 0.273. The quantitative estimate of drug-likeness (QED) is 0.756. The van der Waals surface area contributed by atoms with E-state index < -0.39 is 0 Å². The van der Waals surface area contributed by atoms with Gasteiger partial charge in [0.1, 0.15) is 0 Å². The van der Waals surface area contributed by atoms with Gasteiger partial charge in [-0.1, -0.05) is 35.9 Å². The SMILES string of the molecule is Cc1ccc(C(=O)N[C@@H](c2cnc3ccccc3c2)C2CC(O)C2)cc1. The van der Waals surface area contributed by atoms with E-state index in [1.807, 2.05) is 61.7 Å². The van der Waals surface area contributed by atoms with Crippen molar-refractivity contribution in [2.24, 2.45) is 5.92 Å². The fourth-order valence-corrected chi connectivity index (χ4v) is 3.56. The lowest BCUT2D eigenvalue weighted by Gasteiger charge is -2.38. The Bertz CT molecular complexity index is 930. The number of fused-ring (bicyclic) bond motifs is 1. The van der Waals surface area contributed by atoms with E-state index in [-0.39, 0.29) is 24.0 Å². The number of hydrogen-bond acceptors (Lipinski definition) is 3. The second-order valence-corrected chi connectivity index (χ2v) is 7.16. The van der Waals surface area contributed by atoms with E-state index >= 15 is 0 Å². The van der Waals surface area contributed by atoms with Crippen molar-refractivity contribution in [3.05, 3.63) is 77.5 Å². The van der Waals surface area contributed by atoms with Crippen molar-refractivity contribution in [1.82, 2.24) is 10.3 Å². The molecule has 0 bridgehead atoms. The average Bonchev–Trinajstić information content (AvgIpc) is 2.64. The van der Waals surface area contributed by atoms with Gasteiger partial charge in [-0.25, -0.2) is 0 Å². The largest absolute Gasteiger partial charge is 0.393 e. The van der Waals surface area contributed by atoms with Crippen molar-refractivity contribution in [1.29, 1.82) is 0 Å². The molecular formula is C22H22N2O2. The third-order valence-corrected chi connectivity index (χ3v) is 5.19. The molecule has 0 unspecified atom stereocenters. The molecule has 1 aliphatic rings. The van der Waals surface area contributed by atoms with Gasteiger partial charge >= 0.3 is 0 Å². The van der Waals surface area contributed by atoms with E-state index in [0.717, 1.165) is 22.0 Å². The van der Waals surface area contributed by atoms with Crippen LogP contribution in [0.3, 0.4) is 0 Å². The summed E-state index contributed by atoms with van der Waals surface area (Å²) in [5, 5.41) is 14.0. The van der Waals surface area contributed by atoms with Crippen molar-refractivity contribution in [2.45, 2.75) is 31.9 Å². The van der Waals surface area contributed by atoms with Crippen LogP contribution in [0.25, 0.3) is 10.9 Å². The standard InChI is InChI=1S/C22H22N2O2/c1-14-6-8-15(9-7-14)22(26)24-21(17-11-19(25)12-17)18-10-16-4-2-3-5-20(16)23-13-18/h2-10,13,17,19,21,25H,11-12H2,1H3,(H,24,26)/t17?,19?,21-/m1/s1. The van der Waals surface area contributed by atoms with Gasteiger partial charge in [0.05, 0.1) is 17.7 Å². The molecule has 26 heavy (non-hydrogen) atoms. The summed E-state index contributed by atoms with van der Waals surface area (Å²) in [4.78, 5) is 17.3. The molecule has 1 fully saturated rings. The first-order valence-corrected chi connectivity index (χ1v) is 9.00. The van der Waals surface area contributed by atoms with Crippen LogP contribution in [0.1, 0.15) is 40.4 Å². The lowest BCUT2D eigenvalue weighted by molar-refractivity contribution is 0.0235. The molecule has 1 aliphatic carbocycles.